The number of aromatic nitrogens is 1. The van der Waals surface area contributed by atoms with Crippen molar-refractivity contribution in [2.24, 2.45) is 0 Å². The maximum atomic E-state index is 11.1. The number of rotatable bonds is 4. The van der Waals surface area contributed by atoms with Crippen molar-refractivity contribution in [1.82, 2.24) is 4.98 Å². The topological polar surface area (TPSA) is 114 Å². The van der Waals surface area contributed by atoms with Crippen LogP contribution in [-0.2, 0) is 11.2 Å². The molecular formula is C18H15NO5. The van der Waals surface area contributed by atoms with Crippen LogP contribution < -0.4 is 0 Å². The lowest BCUT2D eigenvalue weighted by Gasteiger charge is -2.02. The molecule has 0 aliphatic heterocycles. The molecule has 6 nitrogen and oxygen atoms in total. The smallest absolute Gasteiger partial charge is 0.309 e. The van der Waals surface area contributed by atoms with Gasteiger partial charge in [-0.1, -0.05) is 12.1 Å². The van der Waals surface area contributed by atoms with Crippen molar-refractivity contribution < 1.29 is 25.2 Å². The van der Waals surface area contributed by atoms with Crippen LogP contribution in [0.4, 0.5) is 0 Å². The Labute approximate surface area is 137 Å². The quantitative estimate of drug-likeness (QED) is 0.506. The fourth-order valence-electron chi connectivity index (χ4n) is 2.59. The number of hydrogen-bond donors (Lipinski definition) is 5. The van der Waals surface area contributed by atoms with Crippen LogP contribution in [0, 0.1) is 0 Å². The number of phenolic OH excluding ortho intramolecular Hbond substituents is 3. The first-order chi connectivity index (χ1) is 11.4. The third-order valence-electron chi connectivity index (χ3n) is 3.62. The SMILES string of the molecule is O=C(O)Cc1[nH]c(-c2cc(O)cc(O)c2)cc1-c1ccc(O)cc1. The molecule has 24 heavy (non-hydrogen) atoms. The summed E-state index contributed by atoms with van der Waals surface area (Å²) in [6.07, 6.45) is -0.207. The molecule has 1 aromatic heterocycles. The summed E-state index contributed by atoms with van der Waals surface area (Å²) >= 11 is 0. The minimum absolute atomic E-state index is 0.0921. The molecule has 0 bridgehead atoms. The number of benzene rings is 2. The zero-order valence-electron chi connectivity index (χ0n) is 12.5. The fourth-order valence-corrected chi connectivity index (χ4v) is 2.59. The number of aromatic hydroxyl groups is 3. The maximum Gasteiger partial charge on any atom is 0.309 e. The van der Waals surface area contributed by atoms with Gasteiger partial charge in [-0.3, -0.25) is 4.79 Å². The van der Waals surface area contributed by atoms with Gasteiger partial charge in [0.1, 0.15) is 17.2 Å². The second kappa shape index (κ2) is 6.00. The second-order valence-electron chi connectivity index (χ2n) is 5.43. The first-order valence-electron chi connectivity index (χ1n) is 7.19. The number of aromatic amines is 1. The van der Waals surface area contributed by atoms with Crippen molar-refractivity contribution in [3.8, 4) is 39.6 Å². The molecule has 0 aliphatic rings. The third-order valence-corrected chi connectivity index (χ3v) is 3.62. The van der Waals surface area contributed by atoms with Crippen LogP contribution in [0.3, 0.4) is 0 Å². The van der Waals surface area contributed by atoms with Gasteiger partial charge in [0.25, 0.3) is 0 Å². The number of hydrogen-bond acceptors (Lipinski definition) is 4. The maximum absolute atomic E-state index is 11.1. The third kappa shape index (κ3) is 3.17. The average Bonchev–Trinajstić information content (AvgIpc) is 2.90. The van der Waals surface area contributed by atoms with Crippen LogP contribution >= 0.6 is 0 Å². The van der Waals surface area contributed by atoms with Crippen LogP contribution in [0.15, 0.2) is 48.5 Å². The van der Waals surface area contributed by atoms with Crippen LogP contribution in [0.25, 0.3) is 22.4 Å². The Morgan fingerprint density at radius 1 is 0.833 bits per heavy atom. The molecule has 1 heterocycles. The number of aliphatic carboxylic acids is 1. The lowest BCUT2D eigenvalue weighted by Crippen LogP contribution is -2.01. The number of nitrogens with one attached hydrogen (secondary N) is 1. The molecule has 2 aromatic carbocycles. The minimum atomic E-state index is -0.984. The summed E-state index contributed by atoms with van der Waals surface area (Å²) in [6, 6.07) is 12.3. The minimum Gasteiger partial charge on any atom is -0.508 e. The highest BCUT2D eigenvalue weighted by atomic mass is 16.4. The van der Waals surface area contributed by atoms with E-state index in [1.807, 2.05) is 0 Å². The Kier molecular flexibility index (Phi) is 3.87. The summed E-state index contributed by atoms with van der Waals surface area (Å²) in [5, 5.41) is 37.8. The second-order valence-corrected chi connectivity index (χ2v) is 5.43. The highest BCUT2D eigenvalue weighted by Gasteiger charge is 2.15. The van der Waals surface area contributed by atoms with E-state index in [1.54, 1.807) is 18.2 Å². The van der Waals surface area contributed by atoms with Gasteiger partial charge in [0.15, 0.2) is 0 Å². The molecular weight excluding hydrogens is 310 g/mol. The molecule has 0 atom stereocenters. The molecule has 0 radical (unpaired) electrons. The van der Waals surface area contributed by atoms with E-state index in [1.165, 1.54) is 30.3 Å². The lowest BCUT2D eigenvalue weighted by atomic mass is 10.0. The number of phenols is 3. The van der Waals surface area contributed by atoms with Gasteiger partial charge in [0.05, 0.1) is 6.42 Å². The lowest BCUT2D eigenvalue weighted by molar-refractivity contribution is -0.136. The van der Waals surface area contributed by atoms with Crippen LogP contribution in [0.2, 0.25) is 0 Å². The molecule has 122 valence electrons. The van der Waals surface area contributed by atoms with E-state index < -0.39 is 5.97 Å². The molecule has 6 heteroatoms. The van der Waals surface area contributed by atoms with Crippen molar-refractivity contribution >= 4 is 5.97 Å². The molecule has 3 aromatic rings. The van der Waals surface area contributed by atoms with Gasteiger partial charge in [-0.05, 0) is 35.9 Å². The van der Waals surface area contributed by atoms with E-state index in [4.69, 9.17) is 5.11 Å². The summed E-state index contributed by atoms with van der Waals surface area (Å²) < 4.78 is 0. The number of H-pyrrole nitrogens is 1. The van der Waals surface area contributed by atoms with Crippen molar-refractivity contribution in [1.29, 1.82) is 0 Å². The van der Waals surface area contributed by atoms with Gasteiger partial charge >= 0.3 is 5.97 Å². The van der Waals surface area contributed by atoms with Crippen molar-refractivity contribution in [3.63, 3.8) is 0 Å². The first-order valence-corrected chi connectivity index (χ1v) is 7.19. The Hall–Kier alpha value is -3.41. The Balaban J connectivity index is 2.12. The van der Waals surface area contributed by atoms with E-state index in [2.05, 4.69) is 4.98 Å². The Morgan fingerprint density at radius 3 is 2.04 bits per heavy atom. The average molecular weight is 325 g/mol. The Morgan fingerprint density at radius 2 is 1.46 bits per heavy atom. The first kappa shape index (κ1) is 15.5. The van der Waals surface area contributed by atoms with Gasteiger partial charge in [-0.15, -0.1) is 0 Å². The fraction of sp³-hybridized carbons (Fsp3) is 0.0556. The van der Waals surface area contributed by atoms with Crippen molar-refractivity contribution in [3.05, 3.63) is 54.2 Å². The van der Waals surface area contributed by atoms with E-state index in [0.29, 0.717) is 22.5 Å². The molecule has 0 saturated heterocycles. The van der Waals surface area contributed by atoms with E-state index >= 15 is 0 Å². The van der Waals surface area contributed by atoms with Crippen LogP contribution in [-0.4, -0.2) is 31.4 Å². The number of carboxylic acids is 1. The predicted molar refractivity (Wildman–Crippen MR) is 88.0 cm³/mol. The highest BCUT2D eigenvalue weighted by Crippen LogP contribution is 2.33. The zero-order valence-corrected chi connectivity index (χ0v) is 12.5. The zero-order chi connectivity index (χ0) is 17.3. The number of carbonyl (C=O) groups is 1. The van der Waals surface area contributed by atoms with E-state index in [-0.39, 0.29) is 23.7 Å². The highest BCUT2D eigenvalue weighted by molar-refractivity contribution is 5.80. The van der Waals surface area contributed by atoms with Gasteiger partial charge in [-0.25, -0.2) is 0 Å². The Bertz CT molecular complexity index is 876. The van der Waals surface area contributed by atoms with Crippen LogP contribution in [0.1, 0.15) is 5.69 Å². The molecule has 0 fully saturated rings. The monoisotopic (exact) mass is 325 g/mol. The van der Waals surface area contributed by atoms with Gasteiger partial charge in [0, 0.05) is 28.6 Å². The molecule has 0 saturated carbocycles. The van der Waals surface area contributed by atoms with E-state index in [0.717, 1.165) is 5.56 Å². The summed E-state index contributed by atoms with van der Waals surface area (Å²) in [5.41, 5.74) is 3.02. The molecule has 0 aliphatic carbocycles. The summed E-state index contributed by atoms with van der Waals surface area (Å²) in [6.45, 7) is 0. The molecule has 0 spiro atoms. The van der Waals surface area contributed by atoms with Crippen LogP contribution in [0.5, 0.6) is 17.2 Å². The summed E-state index contributed by atoms with van der Waals surface area (Å²) in [4.78, 5) is 14.2. The van der Waals surface area contributed by atoms with Crippen molar-refractivity contribution in [2.45, 2.75) is 6.42 Å². The summed E-state index contributed by atoms with van der Waals surface area (Å²) in [7, 11) is 0. The molecule has 0 unspecified atom stereocenters. The predicted octanol–water partition coefficient (Wildman–Crippen LogP) is 3.09. The van der Waals surface area contributed by atoms with Crippen molar-refractivity contribution in [2.75, 3.05) is 0 Å². The molecule has 5 N–H and O–H groups in total. The molecule has 3 rings (SSSR count). The normalized spacial score (nSPS) is 10.7. The van der Waals surface area contributed by atoms with Gasteiger partial charge in [0.2, 0.25) is 0 Å². The van der Waals surface area contributed by atoms with Gasteiger partial charge < -0.3 is 25.4 Å². The van der Waals surface area contributed by atoms with Gasteiger partial charge in [-0.2, -0.15) is 0 Å². The standard InChI is InChI=1S/C18H15NO5/c20-12-3-1-10(2-4-12)15-8-16(19-17(15)9-18(23)24)11-5-13(21)7-14(22)6-11/h1-8,19-22H,9H2,(H,23,24). The van der Waals surface area contributed by atoms with E-state index in [9.17, 15) is 20.1 Å². The number of carboxylic acid groups (broad SMARTS) is 1. The largest absolute Gasteiger partial charge is 0.508 e. The summed E-state index contributed by atoms with van der Waals surface area (Å²) in [5.74, 6) is -1.05. The molecule has 0 amide bonds.